The number of nitrogens with one attached hydrogen (secondary N) is 2. The Hall–Kier alpha value is -2.37. The summed E-state index contributed by atoms with van der Waals surface area (Å²) >= 11 is 0. The average molecular weight is 306 g/mol. The highest BCUT2D eigenvalue weighted by Gasteiger charge is 2.17. The predicted molar refractivity (Wildman–Crippen MR) is 82.5 cm³/mol. The number of benzene rings is 1. The summed E-state index contributed by atoms with van der Waals surface area (Å²) in [5.74, 6) is -1.28. The number of aryl methyl sites for hydroxylation is 2. The molecule has 1 aromatic carbocycles. The standard InChI is InChI=1S/C16H22N2O4/c1-5-22-16(21)12(4)18-14(19)9-17-15(20)13-7-10(2)6-11(3)8-13/h6-8,12H,5,9H2,1-4H3,(H,17,20)(H,18,19). The van der Waals surface area contributed by atoms with Crippen molar-refractivity contribution < 1.29 is 19.1 Å². The van der Waals surface area contributed by atoms with E-state index in [4.69, 9.17) is 4.74 Å². The Morgan fingerprint density at radius 3 is 2.27 bits per heavy atom. The average Bonchev–Trinajstić information content (AvgIpc) is 2.43. The SMILES string of the molecule is CCOC(=O)C(C)NC(=O)CNC(=O)c1cc(C)cc(C)c1. The first-order chi connectivity index (χ1) is 10.3. The quantitative estimate of drug-likeness (QED) is 0.771. The molecule has 1 rings (SSSR count). The molecule has 1 aromatic rings. The van der Waals surface area contributed by atoms with Crippen LogP contribution in [0.2, 0.25) is 0 Å². The van der Waals surface area contributed by atoms with E-state index in [0.29, 0.717) is 5.56 Å². The maximum Gasteiger partial charge on any atom is 0.328 e. The van der Waals surface area contributed by atoms with Crippen LogP contribution in [0.5, 0.6) is 0 Å². The van der Waals surface area contributed by atoms with Crippen molar-refractivity contribution in [3.05, 3.63) is 34.9 Å². The highest BCUT2D eigenvalue weighted by Crippen LogP contribution is 2.08. The van der Waals surface area contributed by atoms with Crippen LogP contribution in [-0.2, 0) is 14.3 Å². The maximum atomic E-state index is 12.0. The number of amides is 2. The van der Waals surface area contributed by atoms with Crippen molar-refractivity contribution in [2.75, 3.05) is 13.2 Å². The molecule has 0 aromatic heterocycles. The first-order valence-corrected chi connectivity index (χ1v) is 7.16. The van der Waals surface area contributed by atoms with Gasteiger partial charge in [-0.05, 0) is 39.8 Å². The van der Waals surface area contributed by atoms with Crippen LogP contribution in [0, 0.1) is 13.8 Å². The van der Waals surface area contributed by atoms with Gasteiger partial charge in [0.1, 0.15) is 6.04 Å². The van der Waals surface area contributed by atoms with Gasteiger partial charge in [-0.3, -0.25) is 9.59 Å². The second kappa shape index (κ2) is 8.17. The van der Waals surface area contributed by atoms with Crippen molar-refractivity contribution in [2.24, 2.45) is 0 Å². The van der Waals surface area contributed by atoms with Gasteiger partial charge in [0, 0.05) is 5.56 Å². The number of rotatable bonds is 6. The third-order valence-electron chi connectivity index (χ3n) is 2.91. The summed E-state index contributed by atoms with van der Waals surface area (Å²) in [4.78, 5) is 35.1. The fraction of sp³-hybridized carbons (Fsp3) is 0.438. The summed E-state index contributed by atoms with van der Waals surface area (Å²) in [6, 6.07) is 4.72. The molecule has 0 aliphatic heterocycles. The fourth-order valence-electron chi connectivity index (χ4n) is 1.99. The molecule has 6 heteroatoms. The van der Waals surface area contributed by atoms with E-state index in [2.05, 4.69) is 10.6 Å². The van der Waals surface area contributed by atoms with E-state index in [-0.39, 0.29) is 19.1 Å². The first kappa shape index (κ1) is 17.7. The Kier molecular flexibility index (Phi) is 6.56. The van der Waals surface area contributed by atoms with Gasteiger partial charge in [-0.2, -0.15) is 0 Å². The molecule has 120 valence electrons. The van der Waals surface area contributed by atoms with Crippen LogP contribution < -0.4 is 10.6 Å². The van der Waals surface area contributed by atoms with Crippen molar-refractivity contribution >= 4 is 17.8 Å². The van der Waals surface area contributed by atoms with Gasteiger partial charge >= 0.3 is 5.97 Å². The zero-order valence-corrected chi connectivity index (χ0v) is 13.4. The molecule has 0 aliphatic rings. The minimum atomic E-state index is -0.745. The van der Waals surface area contributed by atoms with E-state index < -0.39 is 17.9 Å². The first-order valence-electron chi connectivity index (χ1n) is 7.16. The van der Waals surface area contributed by atoms with Gasteiger partial charge in [-0.1, -0.05) is 17.2 Å². The van der Waals surface area contributed by atoms with Crippen LogP contribution in [0.1, 0.15) is 35.3 Å². The molecule has 0 fully saturated rings. The van der Waals surface area contributed by atoms with Crippen LogP contribution in [0.15, 0.2) is 18.2 Å². The van der Waals surface area contributed by atoms with Crippen LogP contribution in [-0.4, -0.2) is 37.0 Å². The number of carbonyl (C=O) groups is 3. The fourth-order valence-corrected chi connectivity index (χ4v) is 1.99. The van der Waals surface area contributed by atoms with Gasteiger partial charge in [-0.15, -0.1) is 0 Å². The van der Waals surface area contributed by atoms with Gasteiger partial charge in [0.2, 0.25) is 5.91 Å². The Bertz CT molecular complexity index is 549. The summed E-state index contributed by atoms with van der Waals surface area (Å²) in [5, 5.41) is 4.99. The molecule has 0 saturated heterocycles. The lowest BCUT2D eigenvalue weighted by Crippen LogP contribution is -2.44. The van der Waals surface area contributed by atoms with E-state index >= 15 is 0 Å². The number of esters is 1. The molecule has 0 heterocycles. The smallest absolute Gasteiger partial charge is 0.328 e. The highest BCUT2D eigenvalue weighted by molar-refractivity contribution is 5.97. The van der Waals surface area contributed by atoms with Crippen LogP contribution in [0.25, 0.3) is 0 Å². The predicted octanol–water partition coefficient (Wildman–Crippen LogP) is 1.10. The molecule has 0 bridgehead atoms. The van der Waals surface area contributed by atoms with Crippen LogP contribution >= 0.6 is 0 Å². The third-order valence-corrected chi connectivity index (χ3v) is 2.91. The lowest BCUT2D eigenvalue weighted by molar-refractivity contribution is -0.146. The molecule has 0 spiro atoms. The maximum absolute atomic E-state index is 12.0. The van der Waals surface area contributed by atoms with Gasteiger partial charge < -0.3 is 15.4 Å². The van der Waals surface area contributed by atoms with E-state index in [9.17, 15) is 14.4 Å². The summed E-state index contributed by atoms with van der Waals surface area (Å²) < 4.78 is 4.78. The third kappa shape index (κ3) is 5.55. The molecular formula is C16H22N2O4. The second-order valence-corrected chi connectivity index (χ2v) is 5.10. The van der Waals surface area contributed by atoms with E-state index in [1.54, 1.807) is 19.1 Å². The van der Waals surface area contributed by atoms with Gasteiger partial charge in [0.05, 0.1) is 13.2 Å². The molecule has 0 radical (unpaired) electrons. The number of carbonyl (C=O) groups excluding carboxylic acids is 3. The highest BCUT2D eigenvalue weighted by atomic mass is 16.5. The minimum absolute atomic E-state index is 0.199. The Morgan fingerprint density at radius 1 is 1.14 bits per heavy atom. The van der Waals surface area contributed by atoms with E-state index in [1.807, 2.05) is 19.9 Å². The van der Waals surface area contributed by atoms with E-state index in [0.717, 1.165) is 11.1 Å². The van der Waals surface area contributed by atoms with Crippen molar-refractivity contribution in [3.8, 4) is 0 Å². The second-order valence-electron chi connectivity index (χ2n) is 5.10. The Labute approximate surface area is 130 Å². The summed E-state index contributed by atoms with van der Waals surface area (Å²) in [6.07, 6.45) is 0. The van der Waals surface area contributed by atoms with Crippen LogP contribution in [0.4, 0.5) is 0 Å². The molecule has 1 atom stereocenters. The van der Waals surface area contributed by atoms with Crippen molar-refractivity contribution in [1.82, 2.24) is 10.6 Å². The topological polar surface area (TPSA) is 84.5 Å². The number of ether oxygens (including phenoxy) is 1. The lowest BCUT2D eigenvalue weighted by atomic mass is 10.1. The summed E-state index contributed by atoms with van der Waals surface area (Å²) in [6.45, 7) is 7.07. The minimum Gasteiger partial charge on any atom is -0.464 e. The molecule has 22 heavy (non-hydrogen) atoms. The monoisotopic (exact) mass is 306 g/mol. The molecule has 2 N–H and O–H groups in total. The molecule has 0 saturated carbocycles. The Balaban J connectivity index is 2.50. The molecule has 1 unspecified atom stereocenters. The van der Waals surface area contributed by atoms with Crippen molar-refractivity contribution in [2.45, 2.75) is 33.7 Å². The largest absolute Gasteiger partial charge is 0.464 e. The van der Waals surface area contributed by atoms with Crippen molar-refractivity contribution in [1.29, 1.82) is 0 Å². The zero-order chi connectivity index (χ0) is 16.7. The summed E-state index contributed by atoms with van der Waals surface area (Å²) in [5.41, 5.74) is 2.46. The van der Waals surface area contributed by atoms with Crippen molar-refractivity contribution in [3.63, 3.8) is 0 Å². The number of hydrogen-bond donors (Lipinski definition) is 2. The number of hydrogen-bond acceptors (Lipinski definition) is 4. The van der Waals surface area contributed by atoms with Gasteiger partial charge in [0.15, 0.2) is 0 Å². The van der Waals surface area contributed by atoms with Crippen LogP contribution in [0.3, 0.4) is 0 Å². The molecule has 2 amide bonds. The molecular weight excluding hydrogens is 284 g/mol. The normalized spacial score (nSPS) is 11.5. The zero-order valence-electron chi connectivity index (χ0n) is 13.4. The van der Waals surface area contributed by atoms with Gasteiger partial charge in [-0.25, -0.2) is 4.79 Å². The molecule has 0 aliphatic carbocycles. The lowest BCUT2D eigenvalue weighted by Gasteiger charge is -2.13. The summed E-state index contributed by atoms with van der Waals surface area (Å²) in [7, 11) is 0. The van der Waals surface area contributed by atoms with E-state index in [1.165, 1.54) is 6.92 Å². The molecule has 6 nitrogen and oxygen atoms in total. The Morgan fingerprint density at radius 2 is 1.73 bits per heavy atom. The van der Waals surface area contributed by atoms with Gasteiger partial charge in [0.25, 0.3) is 5.91 Å².